The molecule has 3 heteroatoms. The summed E-state index contributed by atoms with van der Waals surface area (Å²) in [5, 5.41) is 4.89. The summed E-state index contributed by atoms with van der Waals surface area (Å²) in [6, 6.07) is 16.4. The first-order valence-corrected chi connectivity index (χ1v) is 6.92. The van der Waals surface area contributed by atoms with Crippen molar-refractivity contribution in [3.63, 3.8) is 0 Å². The Morgan fingerprint density at radius 2 is 1.67 bits per heavy atom. The van der Waals surface area contributed by atoms with Crippen LogP contribution in [0.1, 0.15) is 25.0 Å². The van der Waals surface area contributed by atoms with E-state index in [2.05, 4.69) is 50.3 Å². The maximum Gasteiger partial charge on any atom is 0.125 e. The van der Waals surface area contributed by atoms with Crippen LogP contribution >= 0.6 is 0 Å². The number of benzene rings is 2. The summed E-state index contributed by atoms with van der Waals surface area (Å²) in [5.41, 5.74) is 2.56. The van der Waals surface area contributed by atoms with Crippen LogP contribution in [0.4, 0.5) is 5.69 Å². The van der Waals surface area contributed by atoms with E-state index in [4.69, 9.17) is 10.1 Å². The van der Waals surface area contributed by atoms with Gasteiger partial charge in [0.15, 0.2) is 0 Å². The van der Waals surface area contributed by atoms with Crippen molar-refractivity contribution in [2.45, 2.75) is 25.0 Å². The molecule has 0 aromatic heterocycles. The van der Waals surface area contributed by atoms with Crippen molar-refractivity contribution in [1.82, 2.24) is 0 Å². The van der Waals surface area contributed by atoms with Gasteiger partial charge >= 0.3 is 0 Å². The fourth-order valence-corrected chi connectivity index (χ4v) is 3.12. The summed E-state index contributed by atoms with van der Waals surface area (Å²) in [6.07, 6.45) is 4.21. The standard InChI is InChI=1S/C18H16NO.Y/c1-17(2)14-8-4-5-9-15(14)19-18(17)12-11-13-7-3-6-10-16(13)20-18;/h3-12H,1-2H3;/q-1;. The number of rotatable bonds is 0. The molecule has 1 spiro atoms. The second-order valence-corrected chi connectivity index (χ2v) is 5.92. The van der Waals surface area contributed by atoms with Gasteiger partial charge in [0, 0.05) is 43.7 Å². The number of hydrogen-bond acceptors (Lipinski definition) is 1. The second kappa shape index (κ2) is 4.96. The molecular weight excluding hydrogens is 335 g/mol. The molecule has 0 fully saturated rings. The van der Waals surface area contributed by atoms with Crippen LogP contribution in [-0.4, -0.2) is 5.72 Å². The number of fused-ring (bicyclic) bond motifs is 2. The molecular formula is C18H16NOY-. The SMILES string of the molecule is CC1(C)c2ccccc2[N-]C12C=Cc1ccccc1O2.[Y]. The fraction of sp³-hybridized carbons (Fsp3) is 0.222. The van der Waals surface area contributed by atoms with Gasteiger partial charge in [0.2, 0.25) is 0 Å². The van der Waals surface area contributed by atoms with Crippen LogP contribution in [-0.2, 0) is 38.1 Å². The van der Waals surface area contributed by atoms with Gasteiger partial charge in [-0.1, -0.05) is 74.0 Å². The Hall–Kier alpha value is -1.12. The molecule has 0 amide bonds. The first-order valence-electron chi connectivity index (χ1n) is 6.92. The quantitative estimate of drug-likeness (QED) is 0.670. The Labute approximate surface area is 150 Å². The molecule has 4 rings (SSSR count). The van der Waals surface area contributed by atoms with Crippen LogP contribution in [0, 0.1) is 0 Å². The number of nitrogens with zero attached hydrogens (tertiary/aromatic N) is 1. The molecule has 1 unspecified atom stereocenters. The van der Waals surface area contributed by atoms with E-state index in [0.717, 1.165) is 17.0 Å². The smallest absolute Gasteiger partial charge is 0.125 e. The molecule has 0 saturated carbocycles. The van der Waals surface area contributed by atoms with Crippen molar-refractivity contribution in [2.24, 2.45) is 0 Å². The summed E-state index contributed by atoms with van der Waals surface area (Å²) < 4.78 is 6.32. The van der Waals surface area contributed by atoms with E-state index in [1.54, 1.807) is 0 Å². The van der Waals surface area contributed by atoms with Gasteiger partial charge in [-0.2, -0.15) is 0 Å². The first kappa shape index (κ1) is 14.8. The average molecular weight is 351 g/mol. The van der Waals surface area contributed by atoms with E-state index in [-0.39, 0.29) is 38.1 Å². The molecule has 0 bridgehead atoms. The van der Waals surface area contributed by atoms with Crippen LogP contribution < -0.4 is 4.74 Å². The van der Waals surface area contributed by atoms with Gasteiger partial charge in [-0.25, -0.2) is 0 Å². The molecule has 2 aromatic carbocycles. The summed E-state index contributed by atoms with van der Waals surface area (Å²) in [4.78, 5) is 0. The summed E-state index contributed by atoms with van der Waals surface area (Å²) in [5.74, 6) is 0.902. The predicted molar refractivity (Wildman–Crippen MR) is 81.3 cm³/mol. The van der Waals surface area contributed by atoms with E-state index in [1.165, 1.54) is 5.56 Å². The average Bonchev–Trinajstić information content (AvgIpc) is 2.67. The predicted octanol–water partition coefficient (Wildman–Crippen LogP) is 4.78. The van der Waals surface area contributed by atoms with Crippen LogP contribution in [0.25, 0.3) is 11.4 Å². The van der Waals surface area contributed by atoms with Gasteiger partial charge in [-0.05, 0) is 6.07 Å². The molecule has 2 heterocycles. The Morgan fingerprint density at radius 3 is 2.48 bits per heavy atom. The van der Waals surface area contributed by atoms with E-state index >= 15 is 0 Å². The summed E-state index contributed by atoms with van der Waals surface area (Å²) in [6.45, 7) is 4.39. The van der Waals surface area contributed by atoms with Gasteiger partial charge in [0.1, 0.15) is 5.75 Å². The van der Waals surface area contributed by atoms with Crippen molar-refractivity contribution in [3.05, 3.63) is 71.1 Å². The zero-order valence-corrected chi connectivity index (χ0v) is 15.0. The third-order valence-electron chi connectivity index (χ3n) is 4.43. The van der Waals surface area contributed by atoms with Crippen molar-refractivity contribution in [1.29, 1.82) is 0 Å². The van der Waals surface area contributed by atoms with Crippen LogP contribution in [0.5, 0.6) is 5.75 Å². The van der Waals surface area contributed by atoms with Gasteiger partial charge in [0.05, 0.1) is 5.72 Å². The maximum absolute atomic E-state index is 6.32. The van der Waals surface area contributed by atoms with Crippen molar-refractivity contribution >= 4 is 11.8 Å². The Balaban J connectivity index is 0.00000132. The van der Waals surface area contributed by atoms with Crippen LogP contribution in [0.2, 0.25) is 0 Å². The van der Waals surface area contributed by atoms with Gasteiger partial charge in [-0.15, -0.1) is 5.69 Å². The van der Waals surface area contributed by atoms with Crippen molar-refractivity contribution < 1.29 is 37.4 Å². The molecule has 103 valence electrons. The normalized spacial score (nSPS) is 23.5. The summed E-state index contributed by atoms with van der Waals surface area (Å²) in [7, 11) is 0. The molecule has 0 aliphatic carbocycles. The Morgan fingerprint density at radius 1 is 0.952 bits per heavy atom. The molecule has 0 saturated heterocycles. The monoisotopic (exact) mass is 351 g/mol. The number of ether oxygens (including phenoxy) is 1. The van der Waals surface area contributed by atoms with E-state index in [0.29, 0.717) is 0 Å². The molecule has 0 N–H and O–H groups in total. The second-order valence-electron chi connectivity index (χ2n) is 5.92. The minimum atomic E-state index is -0.634. The zero-order valence-electron chi connectivity index (χ0n) is 12.2. The molecule has 1 atom stereocenters. The first-order chi connectivity index (χ1) is 9.62. The Kier molecular flexibility index (Phi) is 3.50. The van der Waals surface area contributed by atoms with E-state index < -0.39 is 5.72 Å². The largest absolute Gasteiger partial charge is 0.643 e. The molecule has 2 aliphatic heterocycles. The number of hydrogen-bond donors (Lipinski definition) is 0. The molecule has 2 nitrogen and oxygen atoms in total. The van der Waals surface area contributed by atoms with Crippen molar-refractivity contribution in [2.75, 3.05) is 0 Å². The van der Waals surface area contributed by atoms with Gasteiger partial charge in [-0.3, -0.25) is 0 Å². The molecule has 2 aliphatic rings. The molecule has 2 aromatic rings. The molecule has 1 radical (unpaired) electrons. The Bertz CT molecular complexity index is 723. The topological polar surface area (TPSA) is 23.3 Å². The fourth-order valence-electron chi connectivity index (χ4n) is 3.12. The minimum Gasteiger partial charge on any atom is -0.643 e. The molecule has 21 heavy (non-hydrogen) atoms. The van der Waals surface area contributed by atoms with Gasteiger partial charge < -0.3 is 10.1 Å². The maximum atomic E-state index is 6.32. The van der Waals surface area contributed by atoms with E-state index in [9.17, 15) is 0 Å². The number of para-hydroxylation sites is 2. The van der Waals surface area contributed by atoms with Crippen LogP contribution in [0.3, 0.4) is 0 Å². The summed E-state index contributed by atoms with van der Waals surface area (Å²) >= 11 is 0. The zero-order chi connectivity index (χ0) is 13.8. The third kappa shape index (κ3) is 2.00. The van der Waals surface area contributed by atoms with Crippen molar-refractivity contribution in [3.8, 4) is 5.75 Å². The van der Waals surface area contributed by atoms with Gasteiger partial charge in [0.25, 0.3) is 0 Å². The van der Waals surface area contributed by atoms with Crippen LogP contribution in [0.15, 0.2) is 54.6 Å². The van der Waals surface area contributed by atoms with E-state index in [1.807, 2.05) is 24.3 Å². The third-order valence-corrected chi connectivity index (χ3v) is 4.43. The minimum absolute atomic E-state index is 0.